The van der Waals surface area contributed by atoms with E-state index >= 15 is 0 Å². The Morgan fingerprint density at radius 1 is 1.14 bits per heavy atom. The van der Waals surface area contributed by atoms with E-state index in [1.807, 2.05) is 18.2 Å². The van der Waals surface area contributed by atoms with Crippen molar-refractivity contribution in [2.45, 2.75) is 56.8 Å². The minimum atomic E-state index is -0.485. The summed E-state index contributed by atoms with van der Waals surface area (Å²) in [4.78, 5) is 15.0. The second-order valence-corrected chi connectivity index (χ2v) is 8.56. The van der Waals surface area contributed by atoms with Crippen LogP contribution in [0.15, 0.2) is 36.5 Å². The third-order valence-electron chi connectivity index (χ3n) is 6.47. The number of hydrogen-bond acceptors (Lipinski definition) is 4. The van der Waals surface area contributed by atoms with Crippen LogP contribution in [0.1, 0.15) is 56.7 Å². The van der Waals surface area contributed by atoms with Gasteiger partial charge in [0.1, 0.15) is 0 Å². The molecule has 1 amide bonds. The van der Waals surface area contributed by atoms with E-state index < -0.39 is 5.79 Å². The fourth-order valence-corrected chi connectivity index (χ4v) is 5.02. The predicted molar refractivity (Wildman–Crippen MR) is 111 cm³/mol. The van der Waals surface area contributed by atoms with E-state index in [4.69, 9.17) is 9.47 Å². The van der Waals surface area contributed by atoms with Crippen LogP contribution in [0, 0.1) is 0 Å². The van der Waals surface area contributed by atoms with Crippen LogP contribution in [0.2, 0.25) is 0 Å². The smallest absolute Gasteiger partial charge is 0.251 e. The molecule has 0 radical (unpaired) electrons. The van der Waals surface area contributed by atoms with E-state index in [2.05, 4.69) is 40.2 Å². The van der Waals surface area contributed by atoms with Gasteiger partial charge in [-0.15, -0.1) is 0 Å². The number of aromatic nitrogens is 1. The van der Waals surface area contributed by atoms with Crippen molar-refractivity contribution >= 4 is 11.6 Å². The molecule has 3 aliphatic rings. The maximum Gasteiger partial charge on any atom is 0.251 e. The molecule has 1 spiro atoms. The van der Waals surface area contributed by atoms with Gasteiger partial charge in [-0.1, -0.05) is 6.42 Å². The van der Waals surface area contributed by atoms with Crippen molar-refractivity contribution < 1.29 is 14.3 Å². The zero-order valence-corrected chi connectivity index (χ0v) is 17.0. The average molecular weight is 396 g/mol. The first-order valence-electron chi connectivity index (χ1n) is 10.8. The lowest BCUT2D eigenvalue weighted by Gasteiger charge is -2.31. The number of fused-ring (bicyclic) bond motifs is 1. The molecule has 6 heteroatoms. The Bertz CT molecular complexity index is 901. The highest BCUT2D eigenvalue weighted by atomic mass is 16.7. The summed E-state index contributed by atoms with van der Waals surface area (Å²) >= 11 is 0. The quantitative estimate of drug-likeness (QED) is 0.842. The molecule has 1 aromatic carbocycles. The van der Waals surface area contributed by atoms with Crippen molar-refractivity contribution in [3.8, 4) is 11.5 Å². The van der Waals surface area contributed by atoms with Gasteiger partial charge in [0, 0.05) is 43.5 Å². The van der Waals surface area contributed by atoms with Crippen LogP contribution in [0.5, 0.6) is 11.5 Å². The lowest BCUT2D eigenvalue weighted by Crippen LogP contribution is -2.40. The normalized spacial score (nSPS) is 22.9. The van der Waals surface area contributed by atoms with Gasteiger partial charge in [0.05, 0.1) is 12.6 Å². The summed E-state index contributed by atoms with van der Waals surface area (Å²) in [7, 11) is 2.07. The number of rotatable bonds is 4. The first-order chi connectivity index (χ1) is 14.1. The monoisotopic (exact) mass is 395 g/mol. The molecule has 2 aliphatic heterocycles. The summed E-state index contributed by atoms with van der Waals surface area (Å²) in [6.45, 7) is 1.35. The average Bonchev–Trinajstić information content (AvgIpc) is 3.40. The van der Waals surface area contributed by atoms with Crippen molar-refractivity contribution in [1.29, 1.82) is 0 Å². The molecule has 1 unspecified atom stereocenters. The number of likely N-dealkylation sites (tertiary alicyclic amines) is 1. The highest BCUT2D eigenvalue weighted by Crippen LogP contribution is 2.46. The molecule has 3 heterocycles. The maximum atomic E-state index is 12.7. The number of benzene rings is 1. The molecule has 1 saturated heterocycles. The molecule has 154 valence electrons. The summed E-state index contributed by atoms with van der Waals surface area (Å²) in [6, 6.07) is 10.2. The Morgan fingerprint density at radius 2 is 1.97 bits per heavy atom. The first kappa shape index (κ1) is 18.6. The van der Waals surface area contributed by atoms with Gasteiger partial charge >= 0.3 is 0 Å². The molecule has 2 aromatic rings. The van der Waals surface area contributed by atoms with Gasteiger partial charge in [-0.3, -0.25) is 9.69 Å². The molecule has 1 atom stereocenters. The van der Waals surface area contributed by atoms with Crippen LogP contribution in [-0.4, -0.2) is 34.3 Å². The maximum absolute atomic E-state index is 12.7. The summed E-state index contributed by atoms with van der Waals surface area (Å²) < 4.78 is 14.5. The van der Waals surface area contributed by atoms with Crippen LogP contribution in [0.3, 0.4) is 0 Å². The van der Waals surface area contributed by atoms with Crippen molar-refractivity contribution in [2.24, 2.45) is 7.05 Å². The summed E-state index contributed by atoms with van der Waals surface area (Å²) in [5.74, 6) is 1.05. The number of anilines is 1. The van der Waals surface area contributed by atoms with Gasteiger partial charge in [-0.25, -0.2) is 0 Å². The van der Waals surface area contributed by atoms with E-state index in [0.717, 1.165) is 62.3 Å². The van der Waals surface area contributed by atoms with Gasteiger partial charge in [0.15, 0.2) is 11.5 Å². The summed E-state index contributed by atoms with van der Waals surface area (Å²) in [5.41, 5.74) is 2.04. The number of hydrogen-bond donors (Lipinski definition) is 1. The molecular weight excluding hydrogens is 366 g/mol. The van der Waals surface area contributed by atoms with E-state index in [0.29, 0.717) is 12.6 Å². The molecule has 2 fully saturated rings. The van der Waals surface area contributed by atoms with Crippen LogP contribution in [-0.2, 0) is 11.8 Å². The Hall–Kier alpha value is -2.47. The Kier molecular flexibility index (Phi) is 4.74. The topological polar surface area (TPSA) is 55.7 Å². The van der Waals surface area contributed by atoms with E-state index in [1.54, 1.807) is 0 Å². The fourth-order valence-electron chi connectivity index (χ4n) is 5.02. The zero-order chi connectivity index (χ0) is 19.8. The van der Waals surface area contributed by atoms with Gasteiger partial charge in [-0.2, -0.15) is 0 Å². The number of nitrogens with zero attached hydrogens (tertiary/aromatic N) is 2. The standard InChI is InChI=1S/C23H29N3O3/c1-25-13-5-7-18(25)19-8-6-14-26(19)16-22(27)24-17-9-10-20-21(15-17)29-23(28-20)11-3-2-4-12-23/h5,7,9-10,13,15,19H,2-4,6,8,11-12,14,16H2,1H3,(H,24,27). The van der Waals surface area contributed by atoms with Gasteiger partial charge < -0.3 is 19.4 Å². The third kappa shape index (κ3) is 3.62. The molecule has 1 aliphatic carbocycles. The second kappa shape index (κ2) is 7.41. The van der Waals surface area contributed by atoms with Crippen LogP contribution < -0.4 is 14.8 Å². The molecule has 29 heavy (non-hydrogen) atoms. The van der Waals surface area contributed by atoms with Gasteiger partial charge in [0.2, 0.25) is 5.91 Å². The van der Waals surface area contributed by atoms with E-state index in [-0.39, 0.29) is 5.91 Å². The lowest BCUT2D eigenvalue weighted by atomic mass is 9.94. The molecular formula is C23H29N3O3. The zero-order valence-electron chi connectivity index (χ0n) is 17.0. The number of nitrogens with one attached hydrogen (secondary N) is 1. The number of aryl methyl sites for hydroxylation is 1. The van der Waals surface area contributed by atoms with Crippen molar-refractivity contribution in [1.82, 2.24) is 9.47 Å². The van der Waals surface area contributed by atoms with E-state index in [9.17, 15) is 4.79 Å². The first-order valence-corrected chi connectivity index (χ1v) is 10.8. The Labute approximate surface area is 171 Å². The molecule has 6 nitrogen and oxygen atoms in total. The number of amides is 1. The molecule has 1 N–H and O–H groups in total. The van der Waals surface area contributed by atoms with Crippen molar-refractivity contribution in [3.05, 3.63) is 42.2 Å². The van der Waals surface area contributed by atoms with Crippen molar-refractivity contribution in [2.75, 3.05) is 18.4 Å². The minimum Gasteiger partial charge on any atom is -0.448 e. The fraction of sp³-hybridized carbons (Fsp3) is 0.522. The Morgan fingerprint density at radius 3 is 2.76 bits per heavy atom. The SMILES string of the molecule is Cn1cccc1C1CCCN1CC(=O)Nc1ccc2c(c1)OC1(CCCCC1)O2. The molecule has 5 rings (SSSR count). The molecule has 0 bridgehead atoms. The highest BCUT2D eigenvalue weighted by molar-refractivity contribution is 5.92. The number of carbonyl (C=O) groups is 1. The highest BCUT2D eigenvalue weighted by Gasteiger charge is 2.42. The van der Waals surface area contributed by atoms with Gasteiger partial charge in [0.25, 0.3) is 5.79 Å². The predicted octanol–water partition coefficient (Wildman–Crippen LogP) is 4.23. The van der Waals surface area contributed by atoms with Crippen LogP contribution in [0.25, 0.3) is 0 Å². The Balaban J connectivity index is 1.23. The largest absolute Gasteiger partial charge is 0.448 e. The van der Waals surface area contributed by atoms with Crippen LogP contribution in [0.4, 0.5) is 5.69 Å². The summed E-state index contributed by atoms with van der Waals surface area (Å²) in [6.07, 6.45) is 9.65. The third-order valence-corrected chi connectivity index (χ3v) is 6.47. The minimum absolute atomic E-state index is 0.0114. The second-order valence-electron chi connectivity index (χ2n) is 8.56. The van der Waals surface area contributed by atoms with E-state index in [1.165, 1.54) is 12.1 Å². The number of carbonyl (C=O) groups excluding carboxylic acids is 1. The van der Waals surface area contributed by atoms with Crippen LogP contribution >= 0.6 is 0 Å². The van der Waals surface area contributed by atoms with Crippen molar-refractivity contribution in [3.63, 3.8) is 0 Å². The van der Waals surface area contributed by atoms with Gasteiger partial charge in [-0.05, 0) is 56.5 Å². The molecule has 1 saturated carbocycles. The molecule has 1 aromatic heterocycles. The lowest BCUT2D eigenvalue weighted by molar-refractivity contribution is -0.117. The summed E-state index contributed by atoms with van der Waals surface area (Å²) in [5, 5.41) is 3.05. The number of ether oxygens (including phenoxy) is 2.